The van der Waals surface area contributed by atoms with E-state index < -0.39 is 0 Å². The Morgan fingerprint density at radius 2 is 2.03 bits per heavy atom. The molecule has 0 aliphatic carbocycles. The number of nitrogens with one attached hydrogen (secondary N) is 1. The van der Waals surface area contributed by atoms with Crippen molar-refractivity contribution in [3.63, 3.8) is 0 Å². The minimum atomic E-state index is -0.133. The predicted octanol–water partition coefficient (Wildman–Crippen LogP) is 4.92. The lowest BCUT2D eigenvalue weighted by molar-refractivity contribution is -0.117. The van der Waals surface area contributed by atoms with Crippen LogP contribution < -0.4 is 5.32 Å². The number of hydrogen-bond donors (Lipinski definition) is 1. The molecule has 5 nitrogen and oxygen atoms in total. The van der Waals surface area contributed by atoms with Gasteiger partial charge in [0.25, 0.3) is 0 Å². The number of carbonyl (C=O) groups excluding carboxylic acids is 1. The maximum absolute atomic E-state index is 12.7. The third-order valence-corrected chi connectivity index (χ3v) is 6.53. The number of rotatable bonds is 7. The zero-order chi connectivity index (χ0) is 21.0. The molecule has 0 aliphatic heterocycles. The number of nitrogens with zero attached hydrogens (tertiary/aromatic N) is 3. The molecule has 0 saturated carbocycles. The summed E-state index contributed by atoms with van der Waals surface area (Å²) in [5.41, 5.74) is 3.52. The van der Waals surface area contributed by atoms with Gasteiger partial charge in [0.1, 0.15) is 11.9 Å². The molecule has 0 fully saturated rings. The zero-order valence-corrected chi connectivity index (χ0v) is 19.1. The Kier molecular flexibility index (Phi) is 6.91. The second kappa shape index (κ2) is 9.40. The van der Waals surface area contributed by atoms with Gasteiger partial charge >= 0.3 is 0 Å². The molecule has 0 aliphatic rings. The largest absolute Gasteiger partial charge is 0.326 e. The second-order valence-electron chi connectivity index (χ2n) is 7.07. The minimum Gasteiger partial charge on any atom is -0.326 e. The van der Waals surface area contributed by atoms with Crippen molar-refractivity contribution in [3.8, 4) is 6.07 Å². The molecule has 3 aromatic rings. The topological polar surface area (TPSA) is 61.1 Å². The van der Waals surface area contributed by atoms with E-state index in [0.717, 1.165) is 21.3 Å². The van der Waals surface area contributed by atoms with Crippen molar-refractivity contribution >= 4 is 39.0 Å². The molecule has 0 saturated heterocycles. The number of halogens is 1. The smallest absolute Gasteiger partial charge is 0.239 e. The number of amides is 1. The molecular weight excluding hydrogens is 448 g/mol. The van der Waals surface area contributed by atoms with Gasteiger partial charge in [-0.1, -0.05) is 30.3 Å². The van der Waals surface area contributed by atoms with Crippen LogP contribution in [0.3, 0.4) is 0 Å². The fourth-order valence-corrected chi connectivity index (χ4v) is 4.80. The molecule has 2 heterocycles. The van der Waals surface area contributed by atoms with E-state index in [1.54, 1.807) is 11.3 Å². The molecule has 7 heteroatoms. The highest BCUT2D eigenvalue weighted by Gasteiger charge is 2.20. The van der Waals surface area contributed by atoms with Gasteiger partial charge in [0.05, 0.1) is 12.1 Å². The van der Waals surface area contributed by atoms with Gasteiger partial charge in [-0.25, -0.2) is 0 Å². The maximum atomic E-state index is 12.7. The lowest BCUT2D eigenvalue weighted by Crippen LogP contribution is -2.30. The second-order valence-corrected chi connectivity index (χ2v) is 8.98. The molecule has 0 radical (unpaired) electrons. The first-order chi connectivity index (χ1) is 13.9. The van der Waals surface area contributed by atoms with Gasteiger partial charge in [0.2, 0.25) is 5.91 Å². The van der Waals surface area contributed by atoms with Crippen molar-refractivity contribution < 1.29 is 4.79 Å². The van der Waals surface area contributed by atoms with E-state index in [1.165, 1.54) is 4.88 Å². The zero-order valence-electron chi connectivity index (χ0n) is 16.7. The first kappa shape index (κ1) is 21.3. The number of anilines is 1. The van der Waals surface area contributed by atoms with Crippen LogP contribution in [0, 0.1) is 25.2 Å². The minimum absolute atomic E-state index is 0.133. The van der Waals surface area contributed by atoms with E-state index in [9.17, 15) is 10.1 Å². The molecule has 1 N–H and O–H groups in total. The molecule has 0 bridgehead atoms. The molecular formula is C22H23BrN4OS. The van der Waals surface area contributed by atoms with Gasteiger partial charge in [-0.15, -0.1) is 11.3 Å². The number of aromatic nitrogens is 1. The highest BCUT2D eigenvalue weighted by Crippen LogP contribution is 2.27. The average Bonchev–Trinajstić information content (AvgIpc) is 3.18. The van der Waals surface area contributed by atoms with Gasteiger partial charge < -0.3 is 9.88 Å². The summed E-state index contributed by atoms with van der Waals surface area (Å²) in [4.78, 5) is 15.9. The third kappa shape index (κ3) is 5.15. The van der Waals surface area contributed by atoms with Crippen molar-refractivity contribution in [2.24, 2.45) is 0 Å². The molecule has 0 unspecified atom stereocenters. The highest BCUT2D eigenvalue weighted by atomic mass is 79.9. The van der Waals surface area contributed by atoms with Gasteiger partial charge in [0.15, 0.2) is 0 Å². The van der Waals surface area contributed by atoms with Crippen molar-refractivity contribution in [3.05, 3.63) is 73.5 Å². The quantitative estimate of drug-likeness (QED) is 0.532. The summed E-state index contributed by atoms with van der Waals surface area (Å²) in [6.07, 6.45) is 0. The van der Waals surface area contributed by atoms with E-state index >= 15 is 0 Å². The van der Waals surface area contributed by atoms with Crippen molar-refractivity contribution in [1.29, 1.82) is 5.26 Å². The number of benzene rings is 1. The first-order valence-corrected chi connectivity index (χ1v) is 10.9. The van der Waals surface area contributed by atoms with Crippen LogP contribution in [0.15, 0.2) is 46.3 Å². The Balaban J connectivity index is 1.77. The first-order valence-electron chi connectivity index (χ1n) is 9.24. The van der Waals surface area contributed by atoms with Gasteiger partial charge in [-0.05, 0) is 54.0 Å². The highest BCUT2D eigenvalue weighted by molar-refractivity contribution is 9.10. The SMILES string of the molecule is Cc1c(C#N)c(NC(=O)CN(C)Cc2cc(Br)cs2)n(Cc2ccccc2)c1C. The van der Waals surface area contributed by atoms with E-state index in [-0.39, 0.29) is 12.5 Å². The number of likely N-dealkylation sites (N-methyl/N-ethyl adjacent to an activating group) is 1. The van der Waals surface area contributed by atoms with Gasteiger partial charge in [-0.2, -0.15) is 5.26 Å². The molecule has 2 aromatic heterocycles. The molecule has 3 rings (SSSR count). The molecule has 0 spiro atoms. The lowest BCUT2D eigenvalue weighted by atomic mass is 10.2. The maximum Gasteiger partial charge on any atom is 0.239 e. The van der Waals surface area contributed by atoms with Crippen molar-refractivity contribution in [1.82, 2.24) is 9.47 Å². The summed E-state index contributed by atoms with van der Waals surface area (Å²) in [6.45, 7) is 5.44. The van der Waals surface area contributed by atoms with Crippen molar-refractivity contribution in [2.75, 3.05) is 18.9 Å². The predicted molar refractivity (Wildman–Crippen MR) is 121 cm³/mol. The standard InChI is InChI=1S/C22H23BrN4OS/c1-15-16(2)27(11-17-7-5-4-6-8-17)22(20(15)10-24)25-21(28)13-26(3)12-19-9-18(23)14-29-19/h4-9,14H,11-13H2,1-3H3,(H,25,28). The van der Waals surface area contributed by atoms with E-state index in [2.05, 4.69) is 33.4 Å². The van der Waals surface area contributed by atoms with Gasteiger partial charge in [-0.3, -0.25) is 9.69 Å². The Labute approximate surface area is 183 Å². The molecule has 1 amide bonds. The Hall–Kier alpha value is -2.40. The Morgan fingerprint density at radius 1 is 1.31 bits per heavy atom. The number of nitriles is 1. The fraction of sp³-hybridized carbons (Fsp3) is 0.273. The van der Waals surface area contributed by atoms with E-state index in [1.807, 2.05) is 66.1 Å². The van der Waals surface area contributed by atoms with Crippen LogP contribution >= 0.6 is 27.3 Å². The summed E-state index contributed by atoms with van der Waals surface area (Å²) >= 11 is 5.11. The van der Waals surface area contributed by atoms with Crippen LogP contribution in [0.25, 0.3) is 0 Å². The molecule has 29 heavy (non-hydrogen) atoms. The Morgan fingerprint density at radius 3 is 2.66 bits per heavy atom. The number of carbonyl (C=O) groups is 1. The normalized spacial score (nSPS) is 10.9. The number of hydrogen-bond acceptors (Lipinski definition) is 4. The van der Waals surface area contributed by atoms with E-state index in [0.29, 0.717) is 24.5 Å². The third-order valence-electron chi connectivity index (χ3n) is 4.84. The summed E-state index contributed by atoms with van der Waals surface area (Å²) in [7, 11) is 1.91. The van der Waals surface area contributed by atoms with E-state index in [4.69, 9.17) is 0 Å². The number of thiophene rings is 1. The van der Waals surface area contributed by atoms with Crippen LogP contribution in [0.2, 0.25) is 0 Å². The average molecular weight is 471 g/mol. The molecule has 0 atom stereocenters. The lowest BCUT2D eigenvalue weighted by Gasteiger charge is -2.17. The van der Waals surface area contributed by atoms with Crippen LogP contribution in [-0.4, -0.2) is 29.0 Å². The molecule has 150 valence electrons. The van der Waals surface area contributed by atoms with Crippen LogP contribution in [0.1, 0.15) is 27.3 Å². The van der Waals surface area contributed by atoms with Crippen LogP contribution in [-0.2, 0) is 17.9 Å². The summed E-state index contributed by atoms with van der Waals surface area (Å²) in [5, 5.41) is 14.7. The monoisotopic (exact) mass is 470 g/mol. The summed E-state index contributed by atoms with van der Waals surface area (Å²) < 4.78 is 3.07. The van der Waals surface area contributed by atoms with Crippen LogP contribution in [0.4, 0.5) is 5.82 Å². The fourth-order valence-electron chi connectivity index (χ4n) is 3.27. The summed E-state index contributed by atoms with van der Waals surface area (Å²) in [5.74, 6) is 0.440. The van der Waals surface area contributed by atoms with Crippen molar-refractivity contribution in [2.45, 2.75) is 26.9 Å². The van der Waals surface area contributed by atoms with Gasteiger partial charge in [0, 0.05) is 33.5 Å². The van der Waals surface area contributed by atoms with Crippen LogP contribution in [0.5, 0.6) is 0 Å². The Bertz CT molecular complexity index is 1050. The molecule has 1 aromatic carbocycles. The summed E-state index contributed by atoms with van der Waals surface area (Å²) in [6, 6.07) is 14.4.